The molecule has 1 amide bonds. The number of carbonyl (C=O) groups is 1. The molecule has 23 heavy (non-hydrogen) atoms. The number of imidazole rings is 1. The van der Waals surface area contributed by atoms with Crippen molar-refractivity contribution in [3.63, 3.8) is 0 Å². The Kier molecular flexibility index (Phi) is 4.06. The van der Waals surface area contributed by atoms with Crippen LogP contribution in [0.1, 0.15) is 21.7 Å². The third-order valence-corrected chi connectivity index (χ3v) is 3.83. The normalized spacial score (nSPS) is 13.7. The zero-order chi connectivity index (χ0) is 16.6. The molecule has 1 aliphatic heterocycles. The van der Waals surface area contributed by atoms with E-state index in [1.807, 2.05) is 22.8 Å². The summed E-state index contributed by atoms with van der Waals surface area (Å²) in [6, 6.07) is 5.58. The van der Waals surface area contributed by atoms with E-state index in [4.69, 9.17) is 9.84 Å². The maximum atomic E-state index is 12.2. The fraction of sp³-hybridized carbons (Fsp3) is 0.375. The van der Waals surface area contributed by atoms with Crippen molar-refractivity contribution < 1.29 is 19.7 Å². The van der Waals surface area contributed by atoms with Crippen LogP contribution in [0, 0.1) is 0 Å². The van der Waals surface area contributed by atoms with Crippen LogP contribution in [0.2, 0.25) is 0 Å². The Hall–Kier alpha value is -2.38. The number of hydrogen-bond donors (Lipinski definition) is 2. The van der Waals surface area contributed by atoms with Crippen molar-refractivity contribution in [1.82, 2.24) is 14.5 Å². The molecule has 1 unspecified atom stereocenters. The summed E-state index contributed by atoms with van der Waals surface area (Å²) in [6.45, 7) is -0.0738. The molecule has 1 aliphatic rings. The van der Waals surface area contributed by atoms with Gasteiger partial charge in [-0.15, -0.1) is 0 Å². The predicted octanol–water partition coefficient (Wildman–Crippen LogP) is 0.362. The predicted molar refractivity (Wildman–Crippen MR) is 82.7 cm³/mol. The highest BCUT2D eigenvalue weighted by Gasteiger charge is 2.27. The number of fused-ring (bicyclic) bond motifs is 3. The Morgan fingerprint density at radius 1 is 1.48 bits per heavy atom. The van der Waals surface area contributed by atoms with Gasteiger partial charge in [-0.3, -0.25) is 9.36 Å². The third-order valence-electron chi connectivity index (χ3n) is 3.83. The second-order valence-electron chi connectivity index (χ2n) is 5.70. The summed E-state index contributed by atoms with van der Waals surface area (Å²) < 4.78 is 7.67. The number of para-hydroxylation sites is 1. The summed E-state index contributed by atoms with van der Waals surface area (Å²) in [5, 5.41) is 18.7. The molecule has 0 radical (unpaired) electrons. The molecule has 2 heterocycles. The Morgan fingerprint density at radius 2 is 2.26 bits per heavy atom. The highest BCUT2D eigenvalue weighted by atomic mass is 16.5. The van der Waals surface area contributed by atoms with E-state index in [1.54, 1.807) is 20.4 Å². The molecule has 0 spiro atoms. The van der Waals surface area contributed by atoms with Crippen LogP contribution in [0.15, 0.2) is 24.5 Å². The average molecular weight is 317 g/mol. The molecule has 122 valence electrons. The largest absolute Gasteiger partial charge is 0.485 e. The van der Waals surface area contributed by atoms with Crippen molar-refractivity contribution in [2.45, 2.75) is 19.1 Å². The Morgan fingerprint density at radius 3 is 2.96 bits per heavy atom. The fourth-order valence-electron chi connectivity index (χ4n) is 2.66. The molecule has 0 saturated heterocycles. The molecule has 2 N–H and O–H groups in total. The first-order valence-corrected chi connectivity index (χ1v) is 7.34. The Bertz CT molecular complexity index is 739. The average Bonchev–Trinajstić information content (AvgIpc) is 2.98. The van der Waals surface area contributed by atoms with E-state index in [-0.39, 0.29) is 19.1 Å². The molecule has 0 saturated carbocycles. The molecule has 7 heteroatoms. The van der Waals surface area contributed by atoms with Gasteiger partial charge < -0.3 is 19.8 Å². The van der Waals surface area contributed by atoms with E-state index < -0.39 is 6.10 Å². The van der Waals surface area contributed by atoms with Crippen molar-refractivity contribution in [3.8, 4) is 11.4 Å². The van der Waals surface area contributed by atoms with Crippen molar-refractivity contribution >= 4 is 5.91 Å². The van der Waals surface area contributed by atoms with Gasteiger partial charge in [0.2, 0.25) is 0 Å². The number of aromatic nitrogens is 2. The first-order valence-electron chi connectivity index (χ1n) is 7.34. The molecule has 1 atom stereocenters. The first-order chi connectivity index (χ1) is 11.0. The minimum absolute atomic E-state index is 0.169. The maximum Gasteiger partial charge on any atom is 0.273 e. The van der Waals surface area contributed by atoms with Crippen molar-refractivity contribution in [2.75, 3.05) is 20.7 Å². The summed E-state index contributed by atoms with van der Waals surface area (Å²) in [7, 11) is 3.36. The molecule has 0 bridgehead atoms. The topological polar surface area (TPSA) is 87.8 Å². The van der Waals surface area contributed by atoms with Gasteiger partial charge >= 0.3 is 0 Å². The van der Waals surface area contributed by atoms with E-state index >= 15 is 0 Å². The molecule has 3 rings (SSSR count). The smallest absolute Gasteiger partial charge is 0.273 e. The number of aliphatic hydroxyl groups is 2. The van der Waals surface area contributed by atoms with Gasteiger partial charge in [-0.2, -0.15) is 0 Å². The minimum atomic E-state index is -0.833. The molecule has 7 nitrogen and oxygen atoms in total. The van der Waals surface area contributed by atoms with Crippen molar-refractivity contribution in [3.05, 3.63) is 41.5 Å². The van der Waals surface area contributed by atoms with Crippen LogP contribution in [0.5, 0.6) is 5.75 Å². The van der Waals surface area contributed by atoms with Crippen LogP contribution in [0.25, 0.3) is 5.69 Å². The zero-order valence-electron chi connectivity index (χ0n) is 13.1. The van der Waals surface area contributed by atoms with Gasteiger partial charge in [-0.25, -0.2) is 4.98 Å². The fourth-order valence-corrected chi connectivity index (χ4v) is 2.66. The summed E-state index contributed by atoms with van der Waals surface area (Å²) in [5.41, 5.74) is 2.67. The van der Waals surface area contributed by atoms with Crippen LogP contribution in [0.3, 0.4) is 0 Å². The lowest BCUT2D eigenvalue weighted by Gasteiger charge is -2.24. The van der Waals surface area contributed by atoms with Crippen LogP contribution in [0.4, 0.5) is 0 Å². The molecule has 1 aromatic carbocycles. The molecule has 0 fully saturated rings. The van der Waals surface area contributed by atoms with E-state index in [9.17, 15) is 9.90 Å². The van der Waals surface area contributed by atoms with Gasteiger partial charge in [0, 0.05) is 20.5 Å². The number of benzene rings is 1. The van der Waals surface area contributed by atoms with Gasteiger partial charge in [-0.1, -0.05) is 12.1 Å². The summed E-state index contributed by atoms with van der Waals surface area (Å²) in [6.07, 6.45) is 1.08. The third kappa shape index (κ3) is 2.69. The minimum Gasteiger partial charge on any atom is -0.485 e. The van der Waals surface area contributed by atoms with E-state index in [0.717, 1.165) is 11.3 Å². The maximum absolute atomic E-state index is 12.2. The van der Waals surface area contributed by atoms with Gasteiger partial charge in [0.15, 0.2) is 5.69 Å². The lowest BCUT2D eigenvalue weighted by Crippen LogP contribution is -2.25. The number of hydrogen-bond acceptors (Lipinski definition) is 5. The SMILES string of the molecule is CN(C)C(=O)c1ncn2c1COc1c(CC(O)CO)cccc1-2. The summed E-state index contributed by atoms with van der Waals surface area (Å²) in [4.78, 5) is 17.9. The Balaban J connectivity index is 2.03. The monoisotopic (exact) mass is 317 g/mol. The van der Waals surface area contributed by atoms with Crippen LogP contribution in [-0.4, -0.2) is 57.4 Å². The zero-order valence-corrected chi connectivity index (χ0v) is 13.1. The Labute approximate surface area is 133 Å². The van der Waals surface area contributed by atoms with Crippen molar-refractivity contribution in [1.29, 1.82) is 0 Å². The molecular formula is C16H19N3O4. The van der Waals surface area contributed by atoms with Crippen LogP contribution >= 0.6 is 0 Å². The highest BCUT2D eigenvalue weighted by Crippen LogP contribution is 2.34. The lowest BCUT2D eigenvalue weighted by molar-refractivity contribution is 0.0819. The molecule has 0 aliphatic carbocycles. The number of amides is 1. The number of carbonyl (C=O) groups excluding carboxylic acids is 1. The number of rotatable bonds is 4. The second kappa shape index (κ2) is 6.02. The lowest BCUT2D eigenvalue weighted by atomic mass is 10.0. The molecule has 1 aromatic heterocycles. The quantitative estimate of drug-likeness (QED) is 0.850. The van der Waals surface area contributed by atoms with E-state index in [0.29, 0.717) is 23.6 Å². The van der Waals surface area contributed by atoms with E-state index in [2.05, 4.69) is 4.98 Å². The first kappa shape index (κ1) is 15.5. The van der Waals surface area contributed by atoms with Gasteiger partial charge in [0.1, 0.15) is 18.7 Å². The number of aliphatic hydroxyl groups excluding tert-OH is 2. The van der Waals surface area contributed by atoms with E-state index in [1.165, 1.54) is 4.90 Å². The molecular weight excluding hydrogens is 298 g/mol. The van der Waals surface area contributed by atoms with Gasteiger partial charge in [0.25, 0.3) is 5.91 Å². The van der Waals surface area contributed by atoms with Crippen LogP contribution in [-0.2, 0) is 13.0 Å². The molecule has 2 aromatic rings. The van der Waals surface area contributed by atoms with Gasteiger partial charge in [-0.05, 0) is 11.6 Å². The summed E-state index contributed by atoms with van der Waals surface area (Å²) in [5.74, 6) is 0.478. The van der Waals surface area contributed by atoms with Crippen LogP contribution < -0.4 is 4.74 Å². The number of ether oxygens (including phenoxy) is 1. The highest BCUT2D eigenvalue weighted by molar-refractivity contribution is 5.93. The number of nitrogens with zero attached hydrogens (tertiary/aromatic N) is 3. The standard InChI is InChI=1S/C16H19N3O4/c1-18(2)16(22)14-13-8-23-15-10(6-11(21)7-20)4-3-5-12(15)19(13)9-17-14/h3-5,9,11,20-21H,6-8H2,1-2H3. The summed E-state index contributed by atoms with van der Waals surface area (Å²) >= 11 is 0. The van der Waals surface area contributed by atoms with Gasteiger partial charge in [0.05, 0.1) is 24.1 Å². The second-order valence-corrected chi connectivity index (χ2v) is 5.70. The van der Waals surface area contributed by atoms with Crippen molar-refractivity contribution in [2.24, 2.45) is 0 Å².